The summed E-state index contributed by atoms with van der Waals surface area (Å²) in [4.78, 5) is 13.9. The number of ether oxygens (including phenoxy) is 2. The second-order valence-electron chi connectivity index (χ2n) is 12.9. The molecule has 6 rings (SSSR count). The van der Waals surface area contributed by atoms with Gasteiger partial charge in [-0.25, -0.2) is 0 Å². The van der Waals surface area contributed by atoms with Gasteiger partial charge in [-0.05, 0) is 73.0 Å². The van der Waals surface area contributed by atoms with E-state index in [0.717, 1.165) is 31.8 Å². The highest BCUT2D eigenvalue weighted by Gasteiger charge is 2.71. The molecule has 0 aromatic heterocycles. The zero-order chi connectivity index (χ0) is 21.6. The summed E-state index contributed by atoms with van der Waals surface area (Å²) in [6.45, 7) is 7.90. The van der Waals surface area contributed by atoms with Crippen LogP contribution in [0, 0.1) is 52.3 Å². The van der Waals surface area contributed by atoms with E-state index in [9.17, 15) is 9.90 Å². The molecule has 6 fully saturated rings. The first-order valence-electron chi connectivity index (χ1n) is 13.3. The maximum absolute atomic E-state index is 13.9. The fraction of sp³-hybridized carbons (Fsp3) is 0.963. The molecule has 2 aliphatic heterocycles. The van der Waals surface area contributed by atoms with E-state index in [1.54, 1.807) is 0 Å². The summed E-state index contributed by atoms with van der Waals surface area (Å²) in [6.07, 6.45) is 11.6. The fourth-order valence-corrected chi connectivity index (χ4v) is 10.1. The summed E-state index contributed by atoms with van der Waals surface area (Å²) in [7, 11) is 0. The van der Waals surface area contributed by atoms with Crippen molar-refractivity contribution in [3.63, 3.8) is 0 Å². The monoisotopic (exact) mass is 430 g/mol. The second kappa shape index (κ2) is 7.03. The van der Waals surface area contributed by atoms with Crippen molar-refractivity contribution in [1.82, 2.24) is 0 Å². The third-order valence-electron chi connectivity index (χ3n) is 11.5. The lowest BCUT2D eigenvalue weighted by atomic mass is 9.44. The van der Waals surface area contributed by atoms with Gasteiger partial charge in [0.25, 0.3) is 0 Å². The Morgan fingerprint density at radius 1 is 1.06 bits per heavy atom. The van der Waals surface area contributed by atoms with E-state index in [2.05, 4.69) is 20.8 Å². The van der Waals surface area contributed by atoms with Crippen molar-refractivity contribution in [3.05, 3.63) is 0 Å². The number of carbonyl (C=O) groups is 1. The van der Waals surface area contributed by atoms with Gasteiger partial charge in [0.1, 0.15) is 5.78 Å². The summed E-state index contributed by atoms with van der Waals surface area (Å²) in [6, 6.07) is 0. The van der Waals surface area contributed by atoms with Crippen LogP contribution in [0.4, 0.5) is 0 Å². The Hall–Kier alpha value is -0.450. The quantitative estimate of drug-likeness (QED) is 0.638. The summed E-state index contributed by atoms with van der Waals surface area (Å²) in [5, 5.41) is 10.5. The molecule has 0 aromatic carbocycles. The van der Waals surface area contributed by atoms with Crippen LogP contribution in [0.2, 0.25) is 0 Å². The summed E-state index contributed by atoms with van der Waals surface area (Å²) in [5.74, 6) is 2.81. The van der Waals surface area contributed by atoms with Crippen LogP contribution >= 0.6 is 0 Å². The third-order valence-corrected chi connectivity index (χ3v) is 11.5. The van der Waals surface area contributed by atoms with Crippen LogP contribution in [0.25, 0.3) is 0 Å². The van der Waals surface area contributed by atoms with Crippen molar-refractivity contribution < 1.29 is 19.4 Å². The molecule has 4 aliphatic carbocycles. The Morgan fingerprint density at radius 2 is 1.90 bits per heavy atom. The molecule has 0 amide bonds. The van der Waals surface area contributed by atoms with Gasteiger partial charge in [0.05, 0.1) is 19.3 Å². The number of hydrogen-bond acceptors (Lipinski definition) is 4. The molecule has 2 unspecified atom stereocenters. The normalized spacial score (nSPS) is 58.5. The first-order valence-corrected chi connectivity index (χ1v) is 13.3. The first-order chi connectivity index (χ1) is 14.8. The SMILES string of the molecule is CC1CC[C@@]2(OC1)O[C@H]1C[C@H]3[C@@H]4CCC5CCCC[C@]5(C)[C@H]4C(=O)C[C@]3(C)[C@H]1[C@@H]2CO. The molecule has 4 saturated carbocycles. The highest BCUT2D eigenvalue weighted by Crippen LogP contribution is 2.70. The number of ketones is 1. The topological polar surface area (TPSA) is 55.8 Å². The molecule has 2 heterocycles. The average molecular weight is 431 g/mol. The van der Waals surface area contributed by atoms with Crippen molar-refractivity contribution in [2.75, 3.05) is 13.2 Å². The maximum atomic E-state index is 13.9. The summed E-state index contributed by atoms with van der Waals surface area (Å²) < 4.78 is 13.1. The molecule has 0 aromatic rings. The van der Waals surface area contributed by atoms with Gasteiger partial charge < -0.3 is 14.6 Å². The molecule has 1 N–H and O–H groups in total. The highest BCUT2D eigenvalue weighted by molar-refractivity contribution is 5.84. The van der Waals surface area contributed by atoms with Crippen LogP contribution in [0.3, 0.4) is 0 Å². The minimum absolute atomic E-state index is 0.00552. The van der Waals surface area contributed by atoms with Crippen LogP contribution in [0.15, 0.2) is 0 Å². The Kier molecular flexibility index (Phi) is 4.78. The minimum Gasteiger partial charge on any atom is -0.396 e. The third kappa shape index (κ3) is 2.74. The molecule has 1 spiro atoms. The van der Waals surface area contributed by atoms with Crippen LogP contribution in [0.1, 0.15) is 85.0 Å². The van der Waals surface area contributed by atoms with Crippen molar-refractivity contribution in [1.29, 1.82) is 0 Å². The van der Waals surface area contributed by atoms with Crippen molar-refractivity contribution in [2.24, 2.45) is 52.3 Å². The highest BCUT2D eigenvalue weighted by atomic mass is 16.7. The lowest BCUT2D eigenvalue weighted by Gasteiger charge is -2.59. The first kappa shape index (κ1) is 21.1. The van der Waals surface area contributed by atoms with E-state index in [4.69, 9.17) is 9.47 Å². The Bertz CT molecular complexity index is 742. The second-order valence-corrected chi connectivity index (χ2v) is 12.9. The van der Waals surface area contributed by atoms with Crippen LogP contribution in [-0.2, 0) is 14.3 Å². The van der Waals surface area contributed by atoms with Gasteiger partial charge in [-0.2, -0.15) is 0 Å². The molecular weight excluding hydrogens is 388 g/mol. The average Bonchev–Trinajstić information content (AvgIpc) is 3.19. The fourth-order valence-electron chi connectivity index (χ4n) is 10.1. The van der Waals surface area contributed by atoms with Gasteiger partial charge in [-0.1, -0.05) is 33.6 Å². The number of rotatable bonds is 1. The van der Waals surface area contributed by atoms with E-state index in [-0.39, 0.29) is 41.3 Å². The predicted octanol–water partition coefficient (Wildman–Crippen LogP) is 4.97. The number of carbonyl (C=O) groups excluding carboxylic acids is 1. The van der Waals surface area contributed by atoms with Gasteiger partial charge in [0.15, 0.2) is 5.79 Å². The van der Waals surface area contributed by atoms with Gasteiger partial charge in [0.2, 0.25) is 0 Å². The number of aliphatic hydroxyl groups excluding tert-OH is 1. The molecule has 31 heavy (non-hydrogen) atoms. The number of fused-ring (bicyclic) bond motifs is 7. The van der Waals surface area contributed by atoms with E-state index in [1.807, 2.05) is 0 Å². The zero-order valence-corrected chi connectivity index (χ0v) is 19.8. The Balaban J connectivity index is 1.33. The Morgan fingerprint density at radius 3 is 2.65 bits per heavy atom. The van der Waals surface area contributed by atoms with E-state index in [0.29, 0.717) is 30.0 Å². The largest absolute Gasteiger partial charge is 0.396 e. The Labute approximate surface area is 187 Å². The van der Waals surface area contributed by atoms with Crippen LogP contribution < -0.4 is 0 Å². The smallest absolute Gasteiger partial charge is 0.174 e. The van der Waals surface area contributed by atoms with Gasteiger partial charge in [0, 0.05) is 30.6 Å². The number of hydrogen-bond donors (Lipinski definition) is 1. The molecule has 11 atom stereocenters. The molecule has 6 aliphatic rings. The molecule has 2 saturated heterocycles. The molecule has 0 radical (unpaired) electrons. The zero-order valence-electron chi connectivity index (χ0n) is 19.8. The summed E-state index contributed by atoms with van der Waals surface area (Å²) >= 11 is 0. The predicted molar refractivity (Wildman–Crippen MR) is 118 cm³/mol. The van der Waals surface area contributed by atoms with Crippen molar-refractivity contribution in [2.45, 2.75) is 96.9 Å². The lowest BCUT2D eigenvalue weighted by molar-refractivity contribution is -0.278. The van der Waals surface area contributed by atoms with Gasteiger partial charge >= 0.3 is 0 Å². The van der Waals surface area contributed by atoms with Gasteiger partial charge in [-0.3, -0.25) is 4.79 Å². The van der Waals surface area contributed by atoms with Gasteiger partial charge in [-0.15, -0.1) is 0 Å². The van der Waals surface area contributed by atoms with Crippen molar-refractivity contribution in [3.8, 4) is 0 Å². The maximum Gasteiger partial charge on any atom is 0.174 e. The molecule has 0 bridgehead atoms. The molecule has 4 nitrogen and oxygen atoms in total. The van der Waals surface area contributed by atoms with E-state index in [1.165, 1.54) is 38.5 Å². The molecule has 174 valence electrons. The minimum atomic E-state index is -0.614. The molecular formula is C27H42O4. The van der Waals surface area contributed by atoms with Crippen LogP contribution in [0.5, 0.6) is 0 Å². The van der Waals surface area contributed by atoms with Crippen molar-refractivity contribution >= 4 is 5.78 Å². The number of aliphatic hydroxyl groups is 1. The van der Waals surface area contributed by atoms with Crippen LogP contribution in [-0.4, -0.2) is 36.0 Å². The van der Waals surface area contributed by atoms with E-state index < -0.39 is 5.79 Å². The number of Topliss-reactive ketones (excluding diaryl/α,β-unsaturated/α-hetero) is 1. The summed E-state index contributed by atoms with van der Waals surface area (Å²) in [5.41, 5.74) is 0.169. The van der Waals surface area contributed by atoms with E-state index >= 15 is 0 Å². The lowest BCUT2D eigenvalue weighted by Crippen LogP contribution is -2.58. The molecule has 4 heteroatoms. The standard InChI is InChI=1S/C27H42O4/c1-16-9-11-27(30-15-16)20(14-28)24-22(31-27)12-19-18-8-7-17-6-4-5-10-25(17,2)23(18)21(29)13-26(19,24)3/h16-20,22-24,28H,4-15H2,1-3H3/t16?,17?,18-,19-,20-,22-,23+,24-,25-,26-,27+/m0/s1.